The first-order valence-electron chi connectivity index (χ1n) is 6.67. The van der Waals surface area contributed by atoms with E-state index in [1.165, 1.54) is 24.4 Å². The topological polar surface area (TPSA) is 15.6 Å². The van der Waals surface area contributed by atoms with E-state index < -0.39 is 0 Å². The van der Waals surface area contributed by atoms with Gasteiger partial charge in [-0.2, -0.15) is 0 Å². The molecule has 0 aromatic heterocycles. The summed E-state index contributed by atoms with van der Waals surface area (Å²) in [5.41, 5.74) is 1.35. The van der Waals surface area contributed by atoms with Gasteiger partial charge in [0.15, 0.2) is 0 Å². The zero-order chi connectivity index (χ0) is 13.3. The Bertz CT molecular complexity index is 313. The van der Waals surface area contributed by atoms with Gasteiger partial charge in [-0.15, -0.1) is 0 Å². The summed E-state index contributed by atoms with van der Waals surface area (Å²) in [7, 11) is 0. The highest BCUT2D eigenvalue weighted by atomic mass is 15.3. The predicted molar refractivity (Wildman–Crippen MR) is 76.3 cm³/mol. The molecule has 1 aliphatic heterocycles. The normalized spacial score (nSPS) is 22.8. The first kappa shape index (κ1) is 14.3. The van der Waals surface area contributed by atoms with Gasteiger partial charge in [0, 0.05) is 23.2 Å². The Hall–Kier alpha value is -0.790. The van der Waals surface area contributed by atoms with Gasteiger partial charge in [-0.1, -0.05) is 27.4 Å². The van der Waals surface area contributed by atoms with Crippen molar-refractivity contribution in [2.24, 2.45) is 10.4 Å². The molecule has 0 amide bonds. The molecule has 0 spiro atoms. The van der Waals surface area contributed by atoms with E-state index >= 15 is 0 Å². The second-order valence-corrected chi connectivity index (χ2v) is 6.98. The van der Waals surface area contributed by atoms with Gasteiger partial charge < -0.3 is 4.90 Å². The van der Waals surface area contributed by atoms with E-state index in [1.807, 2.05) is 0 Å². The van der Waals surface area contributed by atoms with E-state index in [4.69, 9.17) is 4.99 Å². The number of hydrogen-bond donors (Lipinski definition) is 0. The molecule has 0 unspecified atom stereocenters. The first-order valence-corrected chi connectivity index (χ1v) is 6.67. The van der Waals surface area contributed by atoms with Crippen molar-refractivity contribution in [1.29, 1.82) is 0 Å². The van der Waals surface area contributed by atoms with Gasteiger partial charge in [0.1, 0.15) is 5.84 Å². The van der Waals surface area contributed by atoms with Gasteiger partial charge >= 0.3 is 0 Å². The summed E-state index contributed by atoms with van der Waals surface area (Å²) in [6.07, 6.45) is 3.47. The molecule has 0 fully saturated rings. The van der Waals surface area contributed by atoms with Crippen LogP contribution in [-0.4, -0.2) is 22.8 Å². The molecule has 0 atom stereocenters. The summed E-state index contributed by atoms with van der Waals surface area (Å²) in [5.74, 6) is 1.19. The van der Waals surface area contributed by atoms with Crippen molar-refractivity contribution in [2.75, 3.05) is 6.54 Å². The van der Waals surface area contributed by atoms with Gasteiger partial charge in [0.05, 0.1) is 0 Å². The van der Waals surface area contributed by atoms with E-state index in [2.05, 4.69) is 53.0 Å². The third kappa shape index (κ3) is 3.58. The van der Waals surface area contributed by atoms with Gasteiger partial charge in [-0.25, -0.2) is 0 Å². The predicted octanol–water partition coefficient (Wildman–Crippen LogP) is 4.23. The Labute approximate surface area is 107 Å². The molecule has 1 heterocycles. The maximum Gasteiger partial charge on any atom is 0.109 e. The van der Waals surface area contributed by atoms with Crippen molar-refractivity contribution < 1.29 is 0 Å². The molecule has 2 heteroatoms. The summed E-state index contributed by atoms with van der Waals surface area (Å²) in [6, 6.07) is 0. The molecule has 0 radical (unpaired) electrons. The van der Waals surface area contributed by atoms with Crippen LogP contribution in [-0.2, 0) is 0 Å². The second-order valence-electron chi connectivity index (χ2n) is 6.98. The Morgan fingerprint density at radius 2 is 1.65 bits per heavy atom. The average molecular weight is 236 g/mol. The van der Waals surface area contributed by atoms with Gasteiger partial charge in [0.25, 0.3) is 0 Å². The smallest absolute Gasteiger partial charge is 0.109 e. The van der Waals surface area contributed by atoms with Gasteiger partial charge in [-0.3, -0.25) is 4.99 Å². The van der Waals surface area contributed by atoms with Crippen molar-refractivity contribution in [3.05, 3.63) is 12.3 Å². The van der Waals surface area contributed by atoms with Crippen LogP contribution in [0.1, 0.15) is 60.8 Å². The number of amidine groups is 1. The molecule has 98 valence electrons. The summed E-state index contributed by atoms with van der Waals surface area (Å²) >= 11 is 0. The number of allylic oxidation sites excluding steroid dienone is 1. The zero-order valence-electron chi connectivity index (χ0n) is 12.4. The van der Waals surface area contributed by atoms with Crippen LogP contribution >= 0.6 is 0 Å². The quantitative estimate of drug-likeness (QED) is 0.614. The fraction of sp³-hybridized carbons (Fsp3) is 0.800. The Kier molecular flexibility index (Phi) is 4.06. The minimum Gasteiger partial charge on any atom is -0.329 e. The van der Waals surface area contributed by atoms with Crippen molar-refractivity contribution >= 4 is 5.84 Å². The minimum absolute atomic E-state index is 0.0561. The molecule has 1 aliphatic rings. The van der Waals surface area contributed by atoms with E-state index in [9.17, 15) is 0 Å². The number of nitrogens with zero attached hydrogens (tertiary/aromatic N) is 2. The molecule has 0 N–H and O–H groups in total. The van der Waals surface area contributed by atoms with Crippen LogP contribution in [0.3, 0.4) is 0 Å². The Morgan fingerprint density at radius 1 is 1.06 bits per heavy atom. The monoisotopic (exact) mass is 236 g/mol. The summed E-state index contributed by atoms with van der Waals surface area (Å²) < 4.78 is 0. The second kappa shape index (κ2) is 4.83. The third-order valence-electron chi connectivity index (χ3n) is 3.00. The maximum atomic E-state index is 4.83. The van der Waals surface area contributed by atoms with Crippen LogP contribution in [0.5, 0.6) is 0 Å². The summed E-state index contributed by atoms with van der Waals surface area (Å²) in [5, 5.41) is 0. The zero-order valence-corrected chi connectivity index (χ0v) is 12.4. The van der Waals surface area contributed by atoms with E-state index in [0.717, 1.165) is 13.0 Å². The van der Waals surface area contributed by atoms with Crippen molar-refractivity contribution in [3.8, 4) is 0 Å². The van der Waals surface area contributed by atoms with Crippen molar-refractivity contribution in [3.63, 3.8) is 0 Å². The first-order chi connectivity index (χ1) is 7.64. The van der Waals surface area contributed by atoms with Crippen LogP contribution in [0.2, 0.25) is 0 Å². The van der Waals surface area contributed by atoms with Gasteiger partial charge in [-0.05, 0) is 40.0 Å². The van der Waals surface area contributed by atoms with Crippen LogP contribution in [0.25, 0.3) is 0 Å². The molecular weight excluding hydrogens is 208 g/mol. The Morgan fingerprint density at radius 3 is 2.12 bits per heavy atom. The molecule has 0 saturated heterocycles. The van der Waals surface area contributed by atoms with Crippen LogP contribution < -0.4 is 0 Å². The highest BCUT2D eigenvalue weighted by Crippen LogP contribution is 2.31. The molecule has 0 aromatic carbocycles. The van der Waals surface area contributed by atoms with Gasteiger partial charge in [0.2, 0.25) is 0 Å². The molecule has 0 aliphatic carbocycles. The third-order valence-corrected chi connectivity index (χ3v) is 3.00. The lowest BCUT2D eigenvalue weighted by molar-refractivity contribution is 0.254. The van der Waals surface area contributed by atoms with Crippen LogP contribution in [0, 0.1) is 5.41 Å². The standard InChI is InChI=1S/C15H28N2/c1-12-10-8-9-11-16-13(14(2,3)4)17(12)15(5,6)7/h1,8-11H2,2-7H3/b16-13-. The Balaban J connectivity index is 3.20. The van der Waals surface area contributed by atoms with Crippen molar-refractivity contribution in [1.82, 2.24) is 4.90 Å². The largest absolute Gasteiger partial charge is 0.329 e. The van der Waals surface area contributed by atoms with Crippen LogP contribution in [0.4, 0.5) is 0 Å². The molecular formula is C15H28N2. The maximum absolute atomic E-state index is 4.83. The summed E-state index contributed by atoms with van der Waals surface area (Å²) in [6.45, 7) is 18.6. The number of hydrogen-bond acceptors (Lipinski definition) is 2. The summed E-state index contributed by atoms with van der Waals surface area (Å²) in [4.78, 5) is 7.19. The number of aliphatic imine (C=N–C) groups is 1. The molecule has 1 rings (SSSR count). The lowest BCUT2D eigenvalue weighted by atomic mass is 9.89. The molecule has 0 bridgehead atoms. The lowest BCUT2D eigenvalue weighted by Gasteiger charge is -2.44. The van der Waals surface area contributed by atoms with Crippen LogP contribution in [0.15, 0.2) is 17.3 Å². The fourth-order valence-electron chi connectivity index (χ4n) is 2.32. The molecule has 0 saturated carbocycles. The fourth-order valence-corrected chi connectivity index (χ4v) is 2.32. The molecule has 0 aromatic rings. The number of rotatable bonds is 0. The minimum atomic E-state index is 0.0561. The molecule has 2 nitrogen and oxygen atoms in total. The SMILES string of the molecule is C=C1CCCC/N=C(/C(C)(C)C)N1C(C)(C)C. The van der Waals surface area contributed by atoms with E-state index in [1.54, 1.807) is 0 Å². The van der Waals surface area contributed by atoms with Crippen molar-refractivity contribution in [2.45, 2.75) is 66.3 Å². The highest BCUT2D eigenvalue weighted by Gasteiger charge is 2.33. The highest BCUT2D eigenvalue weighted by molar-refractivity contribution is 5.89. The molecule has 17 heavy (non-hydrogen) atoms. The van der Waals surface area contributed by atoms with E-state index in [0.29, 0.717) is 0 Å². The lowest BCUT2D eigenvalue weighted by Crippen LogP contribution is -2.49. The average Bonchev–Trinajstić information content (AvgIpc) is 2.06. The van der Waals surface area contributed by atoms with E-state index in [-0.39, 0.29) is 11.0 Å².